The fourth-order valence-corrected chi connectivity index (χ4v) is 3.07. The van der Waals surface area contributed by atoms with Gasteiger partial charge in [-0.05, 0) is 6.42 Å². The van der Waals surface area contributed by atoms with E-state index < -0.39 is 0 Å². The molecule has 2 nitrogen and oxygen atoms in total. The van der Waals surface area contributed by atoms with Gasteiger partial charge in [0.2, 0.25) is 0 Å². The van der Waals surface area contributed by atoms with E-state index in [0.717, 1.165) is 0 Å². The van der Waals surface area contributed by atoms with Crippen molar-refractivity contribution in [2.45, 2.75) is 103 Å². The third-order valence-electron chi connectivity index (χ3n) is 4.55. The Morgan fingerprint density at radius 1 is 0.522 bits per heavy atom. The van der Waals surface area contributed by atoms with Crippen molar-refractivity contribution in [3.8, 4) is 0 Å². The van der Waals surface area contributed by atoms with Crippen LogP contribution in [0.1, 0.15) is 96.8 Å². The van der Waals surface area contributed by atoms with E-state index in [4.69, 9.17) is 0 Å². The van der Waals surface area contributed by atoms with Crippen LogP contribution in [0.25, 0.3) is 0 Å². The maximum Gasteiger partial charge on any atom is 0.168 e. The summed E-state index contributed by atoms with van der Waals surface area (Å²) in [6.45, 7) is 3.47. The van der Waals surface area contributed by atoms with Crippen molar-refractivity contribution in [3.63, 3.8) is 0 Å². The predicted octanol–water partition coefficient (Wildman–Crippen LogP) is 6.62. The lowest BCUT2D eigenvalue weighted by Gasteiger charge is -2.02. The molecule has 0 aliphatic heterocycles. The molecular weight excluding hydrogens is 280 g/mol. The number of aromatic nitrogens is 1. The Morgan fingerprint density at radius 3 is 1.35 bits per heavy atom. The average molecular weight is 322 g/mol. The number of nitrogens with zero attached hydrogens (tertiary/aromatic N) is 1. The zero-order valence-corrected chi connectivity index (χ0v) is 15.6. The quantitative estimate of drug-likeness (QED) is 0.286. The van der Waals surface area contributed by atoms with E-state index in [-0.39, 0.29) is 6.15 Å². The van der Waals surface area contributed by atoms with E-state index in [0.29, 0.717) is 0 Å². The zero-order valence-electron chi connectivity index (χ0n) is 15.6. The van der Waals surface area contributed by atoms with E-state index in [1.165, 1.54) is 96.4 Å². The van der Waals surface area contributed by atoms with Gasteiger partial charge in [0.15, 0.2) is 12.4 Å². The second-order valence-corrected chi connectivity index (χ2v) is 6.71. The van der Waals surface area contributed by atoms with Gasteiger partial charge in [-0.25, -0.2) is 4.57 Å². The van der Waals surface area contributed by atoms with Gasteiger partial charge in [-0.15, -0.1) is 0 Å². The fourth-order valence-electron chi connectivity index (χ4n) is 3.07. The van der Waals surface area contributed by atoms with E-state index in [2.05, 4.69) is 42.1 Å². The lowest BCUT2D eigenvalue weighted by molar-refractivity contribution is -0.697. The average Bonchev–Trinajstić information content (AvgIpc) is 2.56. The summed E-state index contributed by atoms with van der Waals surface area (Å²) in [6, 6.07) is 6.31. The molecule has 0 bridgehead atoms. The molecule has 2 heteroatoms. The van der Waals surface area contributed by atoms with Crippen LogP contribution < -0.4 is 10.7 Å². The molecule has 0 spiro atoms. The Balaban J connectivity index is 0.00000484. The molecule has 0 atom stereocenters. The van der Waals surface area contributed by atoms with Crippen molar-refractivity contribution in [2.24, 2.45) is 0 Å². The van der Waals surface area contributed by atoms with Crippen LogP contribution >= 0.6 is 0 Å². The highest BCUT2D eigenvalue weighted by atomic mass is 14.9. The molecule has 0 fully saturated rings. The van der Waals surface area contributed by atoms with Crippen molar-refractivity contribution < 1.29 is 4.57 Å². The van der Waals surface area contributed by atoms with Crippen LogP contribution in [-0.4, -0.2) is 0 Å². The van der Waals surface area contributed by atoms with E-state index in [1.54, 1.807) is 0 Å². The minimum Gasteiger partial charge on any atom is -0.344 e. The summed E-state index contributed by atoms with van der Waals surface area (Å²) in [5.74, 6) is 0. The second-order valence-electron chi connectivity index (χ2n) is 6.71. The van der Waals surface area contributed by atoms with Gasteiger partial charge < -0.3 is 6.15 Å². The molecule has 0 amide bonds. The topological polar surface area (TPSA) is 38.9 Å². The monoisotopic (exact) mass is 321 g/mol. The molecule has 1 aromatic rings. The third-order valence-corrected chi connectivity index (χ3v) is 4.55. The lowest BCUT2D eigenvalue weighted by atomic mass is 10.0. The van der Waals surface area contributed by atoms with Crippen LogP contribution in [-0.2, 0) is 6.54 Å². The highest BCUT2D eigenvalue weighted by Gasteiger charge is 1.98. The third kappa shape index (κ3) is 14.4. The van der Waals surface area contributed by atoms with E-state index >= 15 is 0 Å². The lowest BCUT2D eigenvalue weighted by Crippen LogP contribution is -2.32. The summed E-state index contributed by atoms with van der Waals surface area (Å²) in [7, 11) is 0. The second kappa shape index (κ2) is 17.5. The first kappa shape index (κ1) is 22.1. The molecular formula is C21H41N2+. The number of unbranched alkanes of at least 4 members (excludes halogenated alkanes) is 13. The fraction of sp³-hybridized carbons (Fsp3) is 0.762. The Labute approximate surface area is 145 Å². The number of hydrogen-bond donors (Lipinski definition) is 1. The molecule has 1 heterocycles. The molecule has 1 aromatic heterocycles. The normalized spacial score (nSPS) is 10.5. The summed E-state index contributed by atoms with van der Waals surface area (Å²) in [5, 5.41) is 0. The molecule has 1 rings (SSSR count). The molecule has 0 unspecified atom stereocenters. The zero-order chi connectivity index (χ0) is 15.7. The summed E-state index contributed by atoms with van der Waals surface area (Å²) in [6.07, 6.45) is 24.4. The van der Waals surface area contributed by atoms with Gasteiger partial charge in [-0.3, -0.25) is 0 Å². The smallest absolute Gasteiger partial charge is 0.168 e. The predicted molar refractivity (Wildman–Crippen MR) is 102 cm³/mol. The highest BCUT2D eigenvalue weighted by Crippen LogP contribution is 2.12. The van der Waals surface area contributed by atoms with Crippen molar-refractivity contribution in [3.05, 3.63) is 30.6 Å². The van der Waals surface area contributed by atoms with Crippen LogP contribution in [0.5, 0.6) is 0 Å². The van der Waals surface area contributed by atoms with Gasteiger partial charge in [0.25, 0.3) is 0 Å². The molecule has 134 valence electrons. The first-order valence-electron chi connectivity index (χ1n) is 9.87. The molecule has 0 saturated heterocycles. The van der Waals surface area contributed by atoms with Crippen LogP contribution in [0.4, 0.5) is 0 Å². The minimum absolute atomic E-state index is 0. The summed E-state index contributed by atoms with van der Waals surface area (Å²) in [5.41, 5.74) is 0. The molecule has 0 aromatic carbocycles. The number of hydrogen-bond acceptors (Lipinski definition) is 1. The van der Waals surface area contributed by atoms with Gasteiger partial charge in [0, 0.05) is 18.6 Å². The molecule has 0 radical (unpaired) electrons. The Bertz CT molecular complexity index is 324. The van der Waals surface area contributed by atoms with Gasteiger partial charge >= 0.3 is 0 Å². The van der Waals surface area contributed by atoms with Crippen LogP contribution in [0.3, 0.4) is 0 Å². The molecule has 3 N–H and O–H groups in total. The Morgan fingerprint density at radius 2 is 0.913 bits per heavy atom. The molecule has 0 aliphatic carbocycles. The van der Waals surface area contributed by atoms with Crippen molar-refractivity contribution in [2.75, 3.05) is 0 Å². The summed E-state index contributed by atoms with van der Waals surface area (Å²) < 4.78 is 2.29. The molecule has 23 heavy (non-hydrogen) atoms. The van der Waals surface area contributed by atoms with Gasteiger partial charge in [0.1, 0.15) is 6.54 Å². The number of aryl methyl sites for hydroxylation is 1. The maximum absolute atomic E-state index is 2.29. The van der Waals surface area contributed by atoms with Gasteiger partial charge in [-0.2, -0.15) is 0 Å². The highest BCUT2D eigenvalue weighted by molar-refractivity contribution is 4.83. The number of pyridine rings is 1. The van der Waals surface area contributed by atoms with Crippen LogP contribution in [0.15, 0.2) is 30.6 Å². The van der Waals surface area contributed by atoms with E-state index in [1.807, 2.05) is 0 Å². The van der Waals surface area contributed by atoms with Crippen molar-refractivity contribution in [1.29, 1.82) is 0 Å². The first-order valence-corrected chi connectivity index (χ1v) is 9.87. The minimum atomic E-state index is 0. The Kier molecular flexibility index (Phi) is 16.8. The SMILES string of the molecule is CCCCCCCCCCCCCCCC[n+]1ccccc1.N. The standard InChI is InChI=1S/C21H38N.H3N/c1-2-3-4-5-6-7-8-9-10-11-12-13-14-16-19-22-20-17-15-18-21-22;/h15,17-18,20-21H,2-14,16,19H2,1H3;1H3/q+1;. The largest absolute Gasteiger partial charge is 0.344 e. The summed E-state index contributed by atoms with van der Waals surface area (Å²) in [4.78, 5) is 0. The number of rotatable bonds is 15. The van der Waals surface area contributed by atoms with Crippen molar-refractivity contribution in [1.82, 2.24) is 6.15 Å². The van der Waals surface area contributed by atoms with Crippen LogP contribution in [0.2, 0.25) is 0 Å². The van der Waals surface area contributed by atoms with Crippen molar-refractivity contribution >= 4 is 0 Å². The Hall–Kier alpha value is -0.890. The maximum atomic E-state index is 2.29. The van der Waals surface area contributed by atoms with E-state index in [9.17, 15) is 0 Å². The van der Waals surface area contributed by atoms with Crippen LogP contribution in [0, 0.1) is 0 Å². The molecule has 0 aliphatic rings. The first-order chi connectivity index (χ1) is 10.9. The molecule has 0 saturated carbocycles. The van der Waals surface area contributed by atoms with Gasteiger partial charge in [-0.1, -0.05) is 90.0 Å². The summed E-state index contributed by atoms with van der Waals surface area (Å²) >= 11 is 0. The van der Waals surface area contributed by atoms with Gasteiger partial charge in [0.05, 0.1) is 0 Å².